The van der Waals surface area contributed by atoms with Crippen molar-refractivity contribution in [3.8, 4) is 11.5 Å². The second-order valence-electron chi connectivity index (χ2n) is 8.05. The largest absolute Gasteiger partial charge is 0.403 e. The molecule has 8 nitrogen and oxygen atoms in total. The summed E-state index contributed by atoms with van der Waals surface area (Å²) < 4.78 is 7.89. The van der Waals surface area contributed by atoms with Crippen LogP contribution in [0.4, 0.5) is 6.01 Å². The Hall–Kier alpha value is -3.26. The van der Waals surface area contributed by atoms with E-state index in [0.717, 1.165) is 67.3 Å². The van der Waals surface area contributed by atoms with Crippen molar-refractivity contribution >= 4 is 11.7 Å². The first kappa shape index (κ1) is 19.7. The van der Waals surface area contributed by atoms with Gasteiger partial charge in [0.05, 0.1) is 5.69 Å². The van der Waals surface area contributed by atoms with Gasteiger partial charge >= 0.3 is 6.01 Å². The molecule has 1 aromatic carbocycles. The average molecular weight is 418 g/mol. The van der Waals surface area contributed by atoms with Crippen LogP contribution in [-0.4, -0.2) is 51.0 Å². The zero-order valence-corrected chi connectivity index (χ0v) is 18.2. The van der Waals surface area contributed by atoms with Gasteiger partial charge in [-0.2, -0.15) is 5.10 Å². The Kier molecular flexibility index (Phi) is 5.15. The van der Waals surface area contributed by atoms with Crippen molar-refractivity contribution in [1.29, 1.82) is 0 Å². The number of aromatic nitrogens is 5. The summed E-state index contributed by atoms with van der Waals surface area (Å²) in [5.41, 5.74) is 7.50. The molecule has 4 heterocycles. The Bertz CT molecular complexity index is 1200. The van der Waals surface area contributed by atoms with Gasteiger partial charge in [0.2, 0.25) is 5.89 Å². The smallest absolute Gasteiger partial charge is 0.318 e. The van der Waals surface area contributed by atoms with Gasteiger partial charge in [0.1, 0.15) is 0 Å². The van der Waals surface area contributed by atoms with Crippen LogP contribution in [0.5, 0.6) is 0 Å². The van der Waals surface area contributed by atoms with Gasteiger partial charge in [-0.25, -0.2) is 9.50 Å². The highest BCUT2D eigenvalue weighted by molar-refractivity contribution is 5.57. The van der Waals surface area contributed by atoms with E-state index in [1.807, 2.05) is 23.6 Å². The molecule has 0 amide bonds. The van der Waals surface area contributed by atoms with Crippen molar-refractivity contribution in [2.45, 2.75) is 33.6 Å². The van der Waals surface area contributed by atoms with E-state index in [1.165, 1.54) is 11.1 Å². The Balaban J connectivity index is 1.39. The van der Waals surface area contributed by atoms with Gasteiger partial charge < -0.3 is 14.6 Å². The summed E-state index contributed by atoms with van der Waals surface area (Å²) in [7, 11) is 0. The van der Waals surface area contributed by atoms with Crippen LogP contribution in [-0.2, 0) is 12.8 Å². The van der Waals surface area contributed by atoms with E-state index in [4.69, 9.17) is 14.5 Å². The molecule has 3 aromatic heterocycles. The molecular formula is C23H27N7O. The van der Waals surface area contributed by atoms with Crippen LogP contribution >= 0.6 is 0 Å². The summed E-state index contributed by atoms with van der Waals surface area (Å²) in [6.07, 6.45) is 1.67. The lowest BCUT2D eigenvalue weighted by molar-refractivity contribution is 0.505. The molecule has 1 N–H and O–H groups in total. The molecule has 5 rings (SSSR count). The zero-order valence-electron chi connectivity index (χ0n) is 18.2. The Morgan fingerprint density at radius 2 is 1.84 bits per heavy atom. The zero-order chi connectivity index (χ0) is 21.4. The van der Waals surface area contributed by atoms with E-state index in [-0.39, 0.29) is 0 Å². The highest BCUT2D eigenvalue weighted by atomic mass is 16.4. The lowest BCUT2D eigenvalue weighted by atomic mass is 10.0. The molecule has 8 heteroatoms. The first-order chi connectivity index (χ1) is 15.1. The molecule has 1 fully saturated rings. The van der Waals surface area contributed by atoms with Gasteiger partial charge in [0.25, 0.3) is 0 Å². The number of anilines is 1. The van der Waals surface area contributed by atoms with Crippen LogP contribution in [0.3, 0.4) is 0 Å². The second kappa shape index (κ2) is 8.11. The number of hydrogen-bond acceptors (Lipinski definition) is 7. The first-order valence-corrected chi connectivity index (χ1v) is 10.9. The van der Waals surface area contributed by atoms with Crippen LogP contribution in [0.2, 0.25) is 0 Å². The summed E-state index contributed by atoms with van der Waals surface area (Å²) in [6.45, 7) is 9.88. The third-order valence-corrected chi connectivity index (χ3v) is 5.79. The highest BCUT2D eigenvalue weighted by Gasteiger charge is 2.18. The standard InChI is InChI=1S/C23H27N7O/c1-4-20-19(21-25-15(2)13-16(3)30(21)28-20)14-17-5-7-18(8-6-17)22-26-27-23(31-22)29-11-9-24-10-12-29/h5-8,13,24H,4,9-12,14H2,1-3H3. The van der Waals surface area contributed by atoms with Crippen LogP contribution in [0.15, 0.2) is 34.7 Å². The van der Waals surface area contributed by atoms with Crippen molar-refractivity contribution in [2.24, 2.45) is 0 Å². The molecule has 1 aliphatic heterocycles. The predicted molar refractivity (Wildman–Crippen MR) is 119 cm³/mol. The van der Waals surface area contributed by atoms with E-state index in [0.29, 0.717) is 11.9 Å². The fourth-order valence-electron chi connectivity index (χ4n) is 4.16. The number of nitrogens with zero attached hydrogens (tertiary/aromatic N) is 6. The lowest BCUT2D eigenvalue weighted by Crippen LogP contribution is -2.43. The van der Waals surface area contributed by atoms with Gasteiger partial charge in [-0.1, -0.05) is 24.2 Å². The summed E-state index contributed by atoms with van der Waals surface area (Å²) in [5, 5.41) is 16.6. The third-order valence-electron chi connectivity index (χ3n) is 5.79. The molecule has 1 saturated heterocycles. The Morgan fingerprint density at radius 3 is 2.58 bits per heavy atom. The van der Waals surface area contributed by atoms with E-state index >= 15 is 0 Å². The maximum atomic E-state index is 5.93. The van der Waals surface area contributed by atoms with Crippen LogP contribution in [0.25, 0.3) is 17.1 Å². The summed E-state index contributed by atoms with van der Waals surface area (Å²) in [6, 6.07) is 11.0. The van der Waals surface area contributed by atoms with E-state index in [1.54, 1.807) is 0 Å². The Labute approximate surface area is 181 Å². The molecule has 4 aromatic rings. The van der Waals surface area contributed by atoms with Gasteiger partial charge in [-0.15, -0.1) is 5.10 Å². The number of piperazine rings is 1. The average Bonchev–Trinajstić information content (AvgIpc) is 3.41. The fourth-order valence-corrected chi connectivity index (χ4v) is 4.16. The van der Waals surface area contributed by atoms with Gasteiger partial charge in [-0.05, 0) is 44.0 Å². The fraction of sp³-hybridized carbons (Fsp3) is 0.391. The summed E-state index contributed by atoms with van der Waals surface area (Å²) in [4.78, 5) is 6.89. The molecule has 0 atom stereocenters. The first-order valence-electron chi connectivity index (χ1n) is 10.9. The molecule has 0 radical (unpaired) electrons. The summed E-state index contributed by atoms with van der Waals surface area (Å²) >= 11 is 0. The molecule has 0 spiro atoms. The number of benzene rings is 1. The minimum absolute atomic E-state index is 0.554. The van der Waals surface area contributed by atoms with Crippen LogP contribution in [0, 0.1) is 13.8 Å². The maximum Gasteiger partial charge on any atom is 0.318 e. The second-order valence-corrected chi connectivity index (χ2v) is 8.05. The Morgan fingerprint density at radius 1 is 1.06 bits per heavy atom. The number of fused-ring (bicyclic) bond motifs is 1. The molecule has 160 valence electrons. The number of hydrogen-bond donors (Lipinski definition) is 1. The van der Waals surface area contributed by atoms with Crippen molar-refractivity contribution in [2.75, 3.05) is 31.1 Å². The van der Waals surface area contributed by atoms with Crippen molar-refractivity contribution in [3.63, 3.8) is 0 Å². The normalized spacial score (nSPS) is 14.5. The number of nitrogens with one attached hydrogen (secondary N) is 1. The van der Waals surface area contributed by atoms with Crippen molar-refractivity contribution in [1.82, 2.24) is 30.1 Å². The SMILES string of the molecule is CCc1nn2c(C)cc(C)nc2c1Cc1ccc(-c2nnc(N3CCNCC3)o2)cc1. The maximum absolute atomic E-state index is 5.93. The van der Waals surface area contributed by atoms with E-state index in [2.05, 4.69) is 52.5 Å². The third kappa shape index (κ3) is 3.79. The number of aryl methyl sites for hydroxylation is 3. The highest BCUT2D eigenvalue weighted by Crippen LogP contribution is 2.25. The van der Waals surface area contributed by atoms with Gasteiger partial charge in [0, 0.05) is 55.1 Å². The van der Waals surface area contributed by atoms with E-state index in [9.17, 15) is 0 Å². The predicted octanol–water partition coefficient (Wildman–Crippen LogP) is 2.96. The van der Waals surface area contributed by atoms with Crippen LogP contribution < -0.4 is 10.2 Å². The molecule has 0 bridgehead atoms. The molecule has 0 unspecified atom stereocenters. The minimum Gasteiger partial charge on any atom is -0.403 e. The minimum atomic E-state index is 0.554. The molecular weight excluding hydrogens is 390 g/mol. The van der Waals surface area contributed by atoms with Crippen molar-refractivity contribution in [3.05, 3.63) is 58.5 Å². The van der Waals surface area contributed by atoms with Crippen molar-refractivity contribution < 1.29 is 4.42 Å². The summed E-state index contributed by atoms with van der Waals surface area (Å²) in [5.74, 6) is 0.554. The number of rotatable bonds is 5. The quantitative estimate of drug-likeness (QED) is 0.534. The molecule has 31 heavy (non-hydrogen) atoms. The van der Waals surface area contributed by atoms with Gasteiger partial charge in [0.15, 0.2) is 5.65 Å². The monoisotopic (exact) mass is 417 g/mol. The van der Waals surface area contributed by atoms with Gasteiger partial charge in [-0.3, -0.25) is 0 Å². The van der Waals surface area contributed by atoms with E-state index < -0.39 is 0 Å². The topological polar surface area (TPSA) is 84.4 Å². The molecule has 1 aliphatic rings. The lowest BCUT2D eigenvalue weighted by Gasteiger charge is -2.24. The molecule has 0 saturated carbocycles. The molecule has 0 aliphatic carbocycles. The van der Waals surface area contributed by atoms with Crippen LogP contribution in [0.1, 0.15) is 35.1 Å².